The number of rotatable bonds is 3. The van der Waals surface area contributed by atoms with E-state index in [1.165, 1.54) is 0 Å². The Morgan fingerprint density at radius 1 is 1.12 bits per heavy atom. The fourth-order valence-corrected chi connectivity index (χ4v) is 5.28. The Bertz CT molecular complexity index is 1490. The highest BCUT2D eigenvalue weighted by Crippen LogP contribution is 2.40. The number of nitrogens with two attached hydrogens (primary N) is 1. The van der Waals surface area contributed by atoms with Crippen molar-refractivity contribution in [2.45, 2.75) is 25.3 Å². The maximum absolute atomic E-state index is 13.7. The average Bonchev–Trinajstić information content (AvgIpc) is 3.46. The van der Waals surface area contributed by atoms with E-state index >= 15 is 0 Å². The number of hydrogen-bond acceptors (Lipinski definition) is 7. The quantitative estimate of drug-likeness (QED) is 0.466. The van der Waals surface area contributed by atoms with Crippen LogP contribution in [-0.4, -0.2) is 37.8 Å². The van der Waals surface area contributed by atoms with Crippen LogP contribution in [0.4, 0.5) is 17.6 Å². The molecule has 1 fully saturated rings. The minimum atomic E-state index is -0.202. The van der Waals surface area contributed by atoms with E-state index in [0.717, 1.165) is 24.2 Å². The largest absolute Gasteiger partial charge is 0.369 e. The standard InChI is InChI=1S/C24H22ClN7O2/c25-15-9-12-30-13-17(32(23(34)20(15)30)14-5-2-1-3-6-14)16-7-4-11-31(16)22-19-18(33)8-10-27-21(19)28-24(26)29-22/h1-3,5-6,9,12-13,16H,4,7-8,10-11H2,(H3,26,27,28,29). The zero-order chi connectivity index (χ0) is 23.4. The molecular formula is C24H22ClN7O2. The number of nitrogens with one attached hydrogen (secondary N) is 1. The fraction of sp³-hybridized carbons (Fsp3) is 0.250. The Kier molecular flexibility index (Phi) is 4.80. The number of aromatic nitrogens is 4. The summed E-state index contributed by atoms with van der Waals surface area (Å²) in [5, 5.41) is 3.57. The molecule has 3 aromatic heterocycles. The molecule has 0 spiro atoms. The number of ketones is 1. The van der Waals surface area contributed by atoms with Crippen LogP contribution >= 0.6 is 11.6 Å². The Balaban J connectivity index is 1.58. The van der Waals surface area contributed by atoms with E-state index in [2.05, 4.69) is 20.2 Å². The van der Waals surface area contributed by atoms with Crippen LogP contribution in [-0.2, 0) is 0 Å². The summed E-state index contributed by atoms with van der Waals surface area (Å²) in [4.78, 5) is 37.4. The predicted molar refractivity (Wildman–Crippen MR) is 131 cm³/mol. The van der Waals surface area contributed by atoms with Gasteiger partial charge in [-0.15, -0.1) is 0 Å². The smallest absolute Gasteiger partial charge is 0.281 e. The molecule has 34 heavy (non-hydrogen) atoms. The molecule has 0 saturated carbocycles. The number of anilines is 3. The van der Waals surface area contributed by atoms with Crippen molar-refractivity contribution < 1.29 is 4.79 Å². The van der Waals surface area contributed by atoms with Crippen LogP contribution in [0.1, 0.15) is 41.4 Å². The monoisotopic (exact) mass is 475 g/mol. The molecule has 9 nitrogen and oxygen atoms in total. The molecule has 5 heterocycles. The van der Waals surface area contributed by atoms with Gasteiger partial charge in [-0.05, 0) is 31.0 Å². The van der Waals surface area contributed by atoms with Gasteiger partial charge in [0.25, 0.3) is 5.56 Å². The molecule has 0 radical (unpaired) electrons. The van der Waals surface area contributed by atoms with E-state index in [0.29, 0.717) is 47.2 Å². The molecule has 0 bridgehead atoms. The number of Topliss-reactive ketones (excluding diaryl/α,β-unsaturated/α-hetero) is 1. The van der Waals surface area contributed by atoms with E-state index in [4.69, 9.17) is 17.3 Å². The van der Waals surface area contributed by atoms with Gasteiger partial charge in [-0.3, -0.25) is 14.2 Å². The lowest BCUT2D eigenvalue weighted by atomic mass is 10.0. The molecule has 1 saturated heterocycles. The molecule has 4 aromatic rings. The van der Waals surface area contributed by atoms with Crippen molar-refractivity contribution in [1.29, 1.82) is 0 Å². The third-order valence-corrected chi connectivity index (χ3v) is 6.82. The summed E-state index contributed by atoms with van der Waals surface area (Å²) >= 11 is 6.37. The molecule has 1 atom stereocenters. The molecule has 3 N–H and O–H groups in total. The highest BCUT2D eigenvalue weighted by Gasteiger charge is 2.35. The molecule has 10 heteroatoms. The van der Waals surface area contributed by atoms with E-state index in [1.54, 1.807) is 21.2 Å². The van der Waals surface area contributed by atoms with Crippen LogP contribution in [0.15, 0.2) is 53.6 Å². The molecule has 0 aliphatic carbocycles. The third-order valence-electron chi connectivity index (χ3n) is 6.51. The highest BCUT2D eigenvalue weighted by atomic mass is 35.5. The maximum atomic E-state index is 13.7. The van der Waals surface area contributed by atoms with Gasteiger partial charge in [0.1, 0.15) is 22.7 Å². The van der Waals surface area contributed by atoms with Gasteiger partial charge in [0, 0.05) is 37.6 Å². The van der Waals surface area contributed by atoms with Crippen molar-refractivity contribution in [3.63, 3.8) is 0 Å². The zero-order valence-corrected chi connectivity index (χ0v) is 19.0. The summed E-state index contributed by atoms with van der Waals surface area (Å²) < 4.78 is 3.48. The maximum Gasteiger partial charge on any atom is 0.281 e. The minimum absolute atomic E-state index is 0.0116. The van der Waals surface area contributed by atoms with Crippen LogP contribution < -0.4 is 21.5 Å². The summed E-state index contributed by atoms with van der Waals surface area (Å²) in [6, 6.07) is 11.0. The molecule has 1 aromatic carbocycles. The second kappa shape index (κ2) is 7.88. The number of carbonyl (C=O) groups excluding carboxylic acids is 1. The first-order valence-corrected chi connectivity index (χ1v) is 11.6. The molecule has 172 valence electrons. The lowest BCUT2D eigenvalue weighted by Gasteiger charge is -2.31. The van der Waals surface area contributed by atoms with Crippen LogP contribution in [0.25, 0.3) is 11.2 Å². The molecule has 0 amide bonds. The van der Waals surface area contributed by atoms with Crippen LogP contribution in [0.2, 0.25) is 5.02 Å². The van der Waals surface area contributed by atoms with Gasteiger partial charge in [0.05, 0.1) is 16.8 Å². The highest BCUT2D eigenvalue weighted by molar-refractivity contribution is 6.33. The number of fused-ring (bicyclic) bond motifs is 2. The van der Waals surface area contributed by atoms with Crippen molar-refractivity contribution >= 4 is 40.5 Å². The zero-order valence-electron chi connectivity index (χ0n) is 18.2. The number of hydrogen-bond donors (Lipinski definition) is 2. The lowest BCUT2D eigenvalue weighted by molar-refractivity contribution is 0.0983. The molecule has 2 aliphatic rings. The summed E-state index contributed by atoms with van der Waals surface area (Å²) in [5.74, 6) is 1.08. The Labute approximate surface area is 199 Å². The van der Waals surface area contributed by atoms with Gasteiger partial charge in [-0.1, -0.05) is 29.8 Å². The van der Waals surface area contributed by atoms with Gasteiger partial charge < -0.3 is 20.4 Å². The molecular weight excluding hydrogens is 454 g/mol. The van der Waals surface area contributed by atoms with Gasteiger partial charge >= 0.3 is 0 Å². The minimum Gasteiger partial charge on any atom is -0.369 e. The van der Waals surface area contributed by atoms with Gasteiger partial charge in [0.2, 0.25) is 5.95 Å². The van der Waals surface area contributed by atoms with E-state index in [9.17, 15) is 9.59 Å². The van der Waals surface area contributed by atoms with Crippen molar-refractivity contribution in [3.8, 4) is 5.69 Å². The van der Waals surface area contributed by atoms with E-state index in [1.807, 2.05) is 36.5 Å². The fourth-order valence-electron chi connectivity index (χ4n) is 5.05. The Hall–Kier alpha value is -3.85. The summed E-state index contributed by atoms with van der Waals surface area (Å²) in [6.45, 7) is 1.19. The second-order valence-corrected chi connectivity index (χ2v) is 8.94. The van der Waals surface area contributed by atoms with Crippen LogP contribution in [0.3, 0.4) is 0 Å². The summed E-state index contributed by atoms with van der Waals surface area (Å²) in [5.41, 5.74) is 8.24. The van der Waals surface area contributed by atoms with E-state index < -0.39 is 0 Å². The second-order valence-electron chi connectivity index (χ2n) is 8.53. The molecule has 2 aliphatic heterocycles. The number of nitrogen functional groups attached to an aromatic ring is 1. The van der Waals surface area contributed by atoms with Crippen molar-refractivity contribution in [1.82, 2.24) is 18.9 Å². The van der Waals surface area contributed by atoms with Crippen molar-refractivity contribution in [3.05, 3.63) is 75.4 Å². The van der Waals surface area contributed by atoms with E-state index in [-0.39, 0.29) is 23.3 Å². The topological polar surface area (TPSA) is 111 Å². The SMILES string of the molecule is Nc1nc2c(c(N3CCCC3c3cn4ccc(Cl)c4c(=O)n3-c3ccccc3)n1)C(=O)CCN2. The van der Waals surface area contributed by atoms with Gasteiger partial charge in [0.15, 0.2) is 5.78 Å². The lowest BCUT2D eigenvalue weighted by Crippen LogP contribution is -2.33. The Morgan fingerprint density at radius 2 is 1.94 bits per heavy atom. The number of halogens is 1. The third kappa shape index (κ3) is 3.15. The first kappa shape index (κ1) is 20.7. The van der Waals surface area contributed by atoms with Crippen LogP contribution in [0, 0.1) is 0 Å². The first-order chi connectivity index (χ1) is 16.5. The van der Waals surface area contributed by atoms with Crippen molar-refractivity contribution in [2.24, 2.45) is 0 Å². The van der Waals surface area contributed by atoms with Gasteiger partial charge in [-0.25, -0.2) is 0 Å². The normalized spacial score (nSPS) is 17.7. The average molecular weight is 476 g/mol. The van der Waals surface area contributed by atoms with Gasteiger partial charge in [-0.2, -0.15) is 9.97 Å². The number of para-hydroxylation sites is 1. The molecule has 1 unspecified atom stereocenters. The number of carbonyl (C=O) groups is 1. The molecule has 6 rings (SSSR count). The predicted octanol–water partition coefficient (Wildman–Crippen LogP) is 3.46. The van der Waals surface area contributed by atoms with Crippen LogP contribution in [0.5, 0.6) is 0 Å². The van der Waals surface area contributed by atoms with Crippen molar-refractivity contribution in [2.75, 3.05) is 29.0 Å². The number of nitrogens with zero attached hydrogens (tertiary/aromatic N) is 5. The summed E-state index contributed by atoms with van der Waals surface area (Å²) in [6.07, 6.45) is 5.75. The Morgan fingerprint density at radius 3 is 2.76 bits per heavy atom. The summed E-state index contributed by atoms with van der Waals surface area (Å²) in [7, 11) is 0. The first-order valence-electron chi connectivity index (χ1n) is 11.2. The number of benzene rings is 1.